The quantitative estimate of drug-likeness (QED) is 0.172. The normalized spacial score (nSPS) is 12.4. The molecule has 50 heavy (non-hydrogen) atoms. The summed E-state index contributed by atoms with van der Waals surface area (Å²) in [5.74, 6) is 0. The third-order valence-electron chi connectivity index (χ3n) is 11.2. The van der Waals surface area contributed by atoms with Crippen LogP contribution in [0.25, 0.3) is 109 Å². The monoisotopic (exact) mass is 632 g/mol. The zero-order chi connectivity index (χ0) is 32.5. The molecular weight excluding hydrogens is 605 g/mol. The first kappa shape index (κ1) is 26.3. The van der Waals surface area contributed by atoms with E-state index in [1.54, 1.807) is 0 Å². The van der Waals surface area contributed by atoms with Crippen molar-refractivity contribution in [3.8, 4) is 22.5 Å². The Kier molecular flexibility index (Phi) is 5.00. The van der Waals surface area contributed by atoms with Crippen molar-refractivity contribution in [2.45, 2.75) is 0 Å². The lowest BCUT2D eigenvalue weighted by Gasteiger charge is -2.12. The predicted molar refractivity (Wildman–Crippen MR) is 213 cm³/mol. The Bertz CT molecular complexity index is 2920. The van der Waals surface area contributed by atoms with Gasteiger partial charge < -0.3 is 9.13 Å². The molecule has 230 valence electrons. The van der Waals surface area contributed by atoms with Gasteiger partial charge in [0, 0.05) is 32.9 Å². The first-order valence-electron chi connectivity index (χ1n) is 17.4. The molecule has 2 nitrogen and oxygen atoms in total. The Balaban J connectivity index is 1.08. The number of aromatic nitrogens is 2. The molecule has 0 aliphatic rings. The largest absolute Gasteiger partial charge is 0.309 e. The number of benzene rings is 10. The highest BCUT2D eigenvalue weighted by molar-refractivity contribution is 6.35. The van der Waals surface area contributed by atoms with Crippen molar-refractivity contribution in [1.29, 1.82) is 0 Å². The summed E-state index contributed by atoms with van der Waals surface area (Å²) in [7, 11) is 0. The summed E-state index contributed by atoms with van der Waals surface area (Å²) in [4.78, 5) is 0. The minimum absolute atomic E-state index is 1.17. The van der Waals surface area contributed by atoms with Crippen LogP contribution in [0, 0.1) is 0 Å². The van der Waals surface area contributed by atoms with E-state index in [4.69, 9.17) is 0 Å². The fourth-order valence-corrected chi connectivity index (χ4v) is 9.23. The van der Waals surface area contributed by atoms with Gasteiger partial charge in [0.15, 0.2) is 0 Å². The Morgan fingerprint density at radius 2 is 0.520 bits per heavy atom. The van der Waals surface area contributed by atoms with E-state index >= 15 is 0 Å². The molecule has 0 saturated carbocycles. The van der Waals surface area contributed by atoms with Crippen molar-refractivity contribution in [1.82, 2.24) is 9.13 Å². The van der Waals surface area contributed by atoms with E-state index < -0.39 is 0 Å². The van der Waals surface area contributed by atoms with E-state index in [9.17, 15) is 0 Å². The molecule has 0 bridgehead atoms. The van der Waals surface area contributed by atoms with Crippen molar-refractivity contribution in [2.75, 3.05) is 0 Å². The van der Waals surface area contributed by atoms with Crippen LogP contribution >= 0.6 is 0 Å². The first-order chi connectivity index (χ1) is 24.8. The van der Waals surface area contributed by atoms with Crippen LogP contribution in [0.4, 0.5) is 0 Å². The summed E-state index contributed by atoms with van der Waals surface area (Å²) >= 11 is 0. The summed E-state index contributed by atoms with van der Waals surface area (Å²) in [6.07, 6.45) is 0. The van der Waals surface area contributed by atoms with Crippen LogP contribution in [0.2, 0.25) is 0 Å². The van der Waals surface area contributed by atoms with Gasteiger partial charge in [0.2, 0.25) is 0 Å². The molecule has 12 aromatic rings. The van der Waals surface area contributed by atoms with Gasteiger partial charge in [-0.1, -0.05) is 121 Å². The molecule has 0 spiro atoms. The maximum Gasteiger partial charge on any atom is 0.0547 e. The molecular formula is C48H28N2. The number of hydrogen-bond donors (Lipinski definition) is 0. The van der Waals surface area contributed by atoms with E-state index in [0.29, 0.717) is 0 Å². The molecule has 0 atom stereocenters. The zero-order valence-electron chi connectivity index (χ0n) is 27.1. The van der Waals surface area contributed by atoms with Gasteiger partial charge in [-0.15, -0.1) is 0 Å². The smallest absolute Gasteiger partial charge is 0.0547 e. The second-order valence-corrected chi connectivity index (χ2v) is 13.7. The Hall–Kier alpha value is -6.64. The van der Waals surface area contributed by atoms with Crippen LogP contribution in [-0.4, -0.2) is 9.13 Å². The van der Waals surface area contributed by atoms with Crippen molar-refractivity contribution in [3.63, 3.8) is 0 Å². The number of fused-ring (bicyclic) bond motifs is 6. The van der Waals surface area contributed by atoms with Crippen LogP contribution in [0.5, 0.6) is 0 Å². The highest BCUT2D eigenvalue weighted by atomic mass is 15.0. The molecule has 2 aromatic heterocycles. The Morgan fingerprint density at radius 1 is 0.240 bits per heavy atom. The molecule has 2 heteroatoms. The minimum Gasteiger partial charge on any atom is -0.309 e. The molecule has 2 heterocycles. The van der Waals surface area contributed by atoms with Gasteiger partial charge in [0.1, 0.15) is 0 Å². The van der Waals surface area contributed by atoms with Crippen LogP contribution in [-0.2, 0) is 0 Å². The lowest BCUT2D eigenvalue weighted by molar-refractivity contribution is 1.18. The molecule has 12 rings (SSSR count). The average Bonchev–Trinajstić information content (AvgIpc) is 3.72. The van der Waals surface area contributed by atoms with Gasteiger partial charge in [-0.2, -0.15) is 0 Å². The van der Waals surface area contributed by atoms with E-state index in [1.165, 1.54) is 109 Å². The first-order valence-corrected chi connectivity index (χ1v) is 17.4. The van der Waals surface area contributed by atoms with E-state index in [0.717, 1.165) is 0 Å². The molecule has 0 amide bonds. The third-order valence-corrected chi connectivity index (χ3v) is 11.2. The lowest BCUT2D eigenvalue weighted by Crippen LogP contribution is -1.96. The highest BCUT2D eigenvalue weighted by Crippen LogP contribution is 2.45. The number of rotatable bonds is 3. The van der Waals surface area contributed by atoms with Crippen LogP contribution in [0.15, 0.2) is 170 Å². The topological polar surface area (TPSA) is 9.86 Å². The second kappa shape index (κ2) is 9.49. The molecule has 0 unspecified atom stereocenters. The Labute approximate surface area is 287 Å². The fraction of sp³-hybridized carbons (Fsp3) is 0. The van der Waals surface area contributed by atoms with Gasteiger partial charge in [0.25, 0.3) is 0 Å². The Morgan fingerprint density at radius 3 is 0.840 bits per heavy atom. The lowest BCUT2D eigenvalue weighted by atomic mass is 9.95. The summed E-state index contributed by atoms with van der Waals surface area (Å²) in [6.45, 7) is 0. The molecule has 0 aliphatic heterocycles. The van der Waals surface area contributed by atoms with Crippen molar-refractivity contribution >= 4 is 86.7 Å². The molecule has 0 fully saturated rings. The summed E-state index contributed by atoms with van der Waals surface area (Å²) < 4.78 is 4.92. The second-order valence-electron chi connectivity index (χ2n) is 13.7. The minimum atomic E-state index is 1.17. The molecule has 0 saturated heterocycles. The summed E-state index contributed by atoms with van der Waals surface area (Å²) in [5.41, 5.74) is 9.71. The third kappa shape index (κ3) is 3.28. The molecule has 0 radical (unpaired) electrons. The molecule has 0 aliphatic carbocycles. The summed E-state index contributed by atoms with van der Waals surface area (Å²) in [5, 5.41) is 15.9. The maximum atomic E-state index is 2.46. The molecule has 10 aromatic carbocycles. The van der Waals surface area contributed by atoms with E-state index in [1.807, 2.05) is 0 Å². The van der Waals surface area contributed by atoms with Crippen molar-refractivity contribution in [3.05, 3.63) is 170 Å². The standard InChI is InChI=1S/C48H28N2/c1-2-16-34-33(15-1)37-19-7-23-41-45(37)46-38(34)20-8-24-42(46)49(41)31-13-5-11-29(27-31)30-12-6-14-32(28-30)50-43-25-9-21-39-35-17-3-4-18-36(35)40-22-10-26-44(50)48(40)47(39)43/h1-28H. The van der Waals surface area contributed by atoms with Gasteiger partial charge in [-0.05, 0) is 103 Å². The van der Waals surface area contributed by atoms with Gasteiger partial charge in [-0.3, -0.25) is 0 Å². The van der Waals surface area contributed by atoms with E-state index in [2.05, 4.69) is 179 Å². The maximum absolute atomic E-state index is 2.46. The van der Waals surface area contributed by atoms with E-state index in [-0.39, 0.29) is 0 Å². The number of hydrogen-bond acceptors (Lipinski definition) is 0. The van der Waals surface area contributed by atoms with Crippen LogP contribution in [0.1, 0.15) is 0 Å². The SMILES string of the molecule is c1cc(-c2cccc(-n3c4cccc5c6ccccc6c6cccc3c6c54)c2)cc(-n2c3cccc4c5ccccc5c5cccc2c5c43)c1. The van der Waals surface area contributed by atoms with Crippen molar-refractivity contribution < 1.29 is 0 Å². The van der Waals surface area contributed by atoms with Crippen LogP contribution in [0.3, 0.4) is 0 Å². The number of nitrogens with zero attached hydrogens (tertiary/aromatic N) is 2. The fourth-order valence-electron chi connectivity index (χ4n) is 9.23. The van der Waals surface area contributed by atoms with Crippen molar-refractivity contribution in [2.24, 2.45) is 0 Å². The highest BCUT2D eigenvalue weighted by Gasteiger charge is 2.21. The average molecular weight is 633 g/mol. The van der Waals surface area contributed by atoms with Crippen LogP contribution < -0.4 is 0 Å². The zero-order valence-corrected chi connectivity index (χ0v) is 27.1. The summed E-state index contributed by atoms with van der Waals surface area (Å²) in [6, 6.07) is 62.8. The van der Waals surface area contributed by atoms with Gasteiger partial charge in [-0.25, -0.2) is 0 Å². The van der Waals surface area contributed by atoms with Gasteiger partial charge >= 0.3 is 0 Å². The predicted octanol–water partition coefficient (Wildman–Crippen LogP) is 13.0. The molecule has 0 N–H and O–H groups in total. The van der Waals surface area contributed by atoms with Gasteiger partial charge in [0.05, 0.1) is 22.1 Å².